The first-order valence-corrected chi connectivity index (χ1v) is 7.32. The third kappa shape index (κ3) is 3.00. The van der Waals surface area contributed by atoms with Crippen LogP contribution in [0.2, 0.25) is 0 Å². The first kappa shape index (κ1) is 13.5. The van der Waals surface area contributed by atoms with E-state index in [0.29, 0.717) is 5.76 Å². The molecule has 6 heteroatoms. The average molecular weight is 299 g/mol. The highest BCUT2D eigenvalue weighted by Crippen LogP contribution is 2.25. The molecule has 3 aromatic heterocycles. The van der Waals surface area contributed by atoms with Gasteiger partial charge in [0.05, 0.1) is 18.0 Å². The first-order valence-electron chi connectivity index (χ1n) is 6.44. The SMILES string of the molecule is CC(NC(=O)c1ccco1)c1nc(-c2ccncc2)cs1. The van der Waals surface area contributed by atoms with E-state index in [2.05, 4.69) is 15.3 Å². The Morgan fingerprint density at radius 2 is 2.14 bits per heavy atom. The molecule has 0 saturated carbocycles. The molecule has 1 N–H and O–H groups in total. The van der Waals surface area contributed by atoms with Gasteiger partial charge in [-0.2, -0.15) is 0 Å². The number of carbonyl (C=O) groups is 1. The molecule has 0 aromatic carbocycles. The second-order valence-electron chi connectivity index (χ2n) is 4.48. The first-order chi connectivity index (χ1) is 10.2. The van der Waals surface area contributed by atoms with Crippen molar-refractivity contribution in [2.24, 2.45) is 0 Å². The summed E-state index contributed by atoms with van der Waals surface area (Å²) in [6.45, 7) is 1.90. The van der Waals surface area contributed by atoms with Crippen molar-refractivity contribution in [1.82, 2.24) is 15.3 Å². The highest BCUT2D eigenvalue weighted by molar-refractivity contribution is 7.10. The largest absolute Gasteiger partial charge is 0.459 e. The van der Waals surface area contributed by atoms with Crippen LogP contribution in [-0.4, -0.2) is 15.9 Å². The molecular formula is C15H13N3O2S. The van der Waals surface area contributed by atoms with Crippen molar-refractivity contribution in [3.05, 3.63) is 59.1 Å². The van der Waals surface area contributed by atoms with Crippen LogP contribution in [0.1, 0.15) is 28.5 Å². The normalized spacial score (nSPS) is 12.0. The third-order valence-electron chi connectivity index (χ3n) is 2.96. The molecule has 106 valence electrons. The van der Waals surface area contributed by atoms with Crippen LogP contribution in [0.5, 0.6) is 0 Å². The van der Waals surface area contributed by atoms with Gasteiger partial charge in [-0.25, -0.2) is 4.98 Å². The number of aromatic nitrogens is 2. The Labute approximate surface area is 125 Å². The zero-order valence-corrected chi connectivity index (χ0v) is 12.1. The molecule has 3 rings (SSSR count). The number of nitrogens with one attached hydrogen (secondary N) is 1. The summed E-state index contributed by atoms with van der Waals surface area (Å²) in [4.78, 5) is 20.5. The van der Waals surface area contributed by atoms with E-state index in [1.165, 1.54) is 17.6 Å². The number of hydrogen-bond donors (Lipinski definition) is 1. The zero-order chi connectivity index (χ0) is 14.7. The Balaban J connectivity index is 1.73. The molecule has 0 spiro atoms. The number of carbonyl (C=O) groups excluding carboxylic acids is 1. The van der Waals surface area contributed by atoms with Gasteiger partial charge in [0.15, 0.2) is 5.76 Å². The molecular weight excluding hydrogens is 286 g/mol. The number of amides is 1. The fraction of sp³-hybridized carbons (Fsp3) is 0.133. The van der Waals surface area contributed by atoms with Crippen molar-refractivity contribution < 1.29 is 9.21 Å². The average Bonchev–Trinajstić information content (AvgIpc) is 3.20. The number of rotatable bonds is 4. The second-order valence-corrected chi connectivity index (χ2v) is 5.37. The van der Waals surface area contributed by atoms with Gasteiger partial charge in [-0.15, -0.1) is 11.3 Å². The highest BCUT2D eigenvalue weighted by Gasteiger charge is 2.16. The van der Waals surface area contributed by atoms with E-state index < -0.39 is 0 Å². The Kier molecular flexibility index (Phi) is 3.79. The summed E-state index contributed by atoms with van der Waals surface area (Å²) >= 11 is 1.51. The Hall–Kier alpha value is -2.47. The predicted octanol–water partition coefficient (Wildman–Crippen LogP) is 3.29. The van der Waals surface area contributed by atoms with Gasteiger partial charge in [-0.05, 0) is 31.2 Å². The lowest BCUT2D eigenvalue weighted by Crippen LogP contribution is -2.26. The topological polar surface area (TPSA) is 68.0 Å². The summed E-state index contributed by atoms with van der Waals surface area (Å²) in [7, 11) is 0. The standard InChI is InChI=1S/C15H13N3O2S/c1-10(17-14(19)13-3-2-8-20-13)15-18-12(9-21-15)11-4-6-16-7-5-11/h2-10H,1H3,(H,17,19). The van der Waals surface area contributed by atoms with Crippen LogP contribution in [0.3, 0.4) is 0 Å². The summed E-state index contributed by atoms with van der Waals surface area (Å²) in [5.41, 5.74) is 1.90. The molecule has 1 unspecified atom stereocenters. The minimum atomic E-state index is -0.242. The highest BCUT2D eigenvalue weighted by atomic mass is 32.1. The molecule has 0 aliphatic carbocycles. The van der Waals surface area contributed by atoms with Crippen molar-refractivity contribution in [2.45, 2.75) is 13.0 Å². The van der Waals surface area contributed by atoms with E-state index in [1.54, 1.807) is 24.5 Å². The quantitative estimate of drug-likeness (QED) is 0.802. The second kappa shape index (κ2) is 5.88. The van der Waals surface area contributed by atoms with Crippen LogP contribution in [-0.2, 0) is 0 Å². The number of pyridine rings is 1. The maximum atomic E-state index is 11.9. The third-order valence-corrected chi connectivity index (χ3v) is 3.99. The molecule has 0 saturated heterocycles. The van der Waals surface area contributed by atoms with Crippen molar-refractivity contribution >= 4 is 17.2 Å². The molecule has 0 radical (unpaired) electrons. The molecule has 21 heavy (non-hydrogen) atoms. The number of furan rings is 1. The monoisotopic (exact) mass is 299 g/mol. The Morgan fingerprint density at radius 3 is 2.86 bits per heavy atom. The van der Waals surface area contributed by atoms with E-state index in [0.717, 1.165) is 16.3 Å². The van der Waals surface area contributed by atoms with Crippen LogP contribution < -0.4 is 5.32 Å². The van der Waals surface area contributed by atoms with E-state index >= 15 is 0 Å². The molecule has 0 aliphatic rings. The van der Waals surface area contributed by atoms with Crippen LogP contribution in [0.15, 0.2) is 52.7 Å². The predicted molar refractivity (Wildman–Crippen MR) is 79.9 cm³/mol. The lowest BCUT2D eigenvalue weighted by molar-refractivity contribution is 0.0912. The fourth-order valence-corrected chi connectivity index (χ4v) is 2.71. The molecule has 1 amide bonds. The van der Waals surface area contributed by atoms with Gasteiger partial charge in [-0.3, -0.25) is 9.78 Å². The number of hydrogen-bond acceptors (Lipinski definition) is 5. The minimum absolute atomic E-state index is 0.178. The van der Waals surface area contributed by atoms with Crippen LogP contribution in [0, 0.1) is 0 Å². The maximum Gasteiger partial charge on any atom is 0.287 e. The molecule has 5 nitrogen and oxygen atoms in total. The molecule has 0 fully saturated rings. The number of nitrogens with zero attached hydrogens (tertiary/aromatic N) is 2. The van der Waals surface area contributed by atoms with Gasteiger partial charge < -0.3 is 9.73 Å². The molecule has 1 atom stereocenters. The van der Waals surface area contributed by atoms with Crippen molar-refractivity contribution in [3.63, 3.8) is 0 Å². The number of thiazole rings is 1. The smallest absolute Gasteiger partial charge is 0.287 e. The van der Waals surface area contributed by atoms with Gasteiger partial charge in [0.25, 0.3) is 5.91 Å². The van der Waals surface area contributed by atoms with Gasteiger partial charge in [-0.1, -0.05) is 0 Å². The van der Waals surface area contributed by atoms with E-state index in [-0.39, 0.29) is 11.9 Å². The molecule has 3 heterocycles. The summed E-state index contributed by atoms with van der Waals surface area (Å²) in [6, 6.07) is 6.95. The zero-order valence-electron chi connectivity index (χ0n) is 11.3. The van der Waals surface area contributed by atoms with E-state index in [4.69, 9.17) is 4.42 Å². The van der Waals surface area contributed by atoms with Gasteiger partial charge in [0, 0.05) is 23.3 Å². The van der Waals surface area contributed by atoms with Crippen LogP contribution in [0.25, 0.3) is 11.3 Å². The van der Waals surface area contributed by atoms with E-state index in [9.17, 15) is 4.79 Å². The van der Waals surface area contributed by atoms with Gasteiger partial charge >= 0.3 is 0 Å². The van der Waals surface area contributed by atoms with Gasteiger partial charge in [0.1, 0.15) is 5.01 Å². The van der Waals surface area contributed by atoms with Crippen molar-refractivity contribution in [1.29, 1.82) is 0 Å². The maximum absolute atomic E-state index is 11.9. The fourth-order valence-electron chi connectivity index (χ4n) is 1.88. The van der Waals surface area contributed by atoms with Crippen LogP contribution in [0.4, 0.5) is 0 Å². The Bertz CT molecular complexity index is 722. The lowest BCUT2D eigenvalue weighted by atomic mass is 10.2. The van der Waals surface area contributed by atoms with Crippen LogP contribution >= 0.6 is 11.3 Å². The summed E-state index contributed by atoms with van der Waals surface area (Å²) < 4.78 is 5.07. The minimum Gasteiger partial charge on any atom is -0.459 e. The molecule has 3 aromatic rings. The summed E-state index contributed by atoms with van der Waals surface area (Å²) in [5.74, 6) is 0.0564. The summed E-state index contributed by atoms with van der Waals surface area (Å²) in [5, 5.41) is 5.69. The Morgan fingerprint density at radius 1 is 1.33 bits per heavy atom. The van der Waals surface area contributed by atoms with Gasteiger partial charge in [0.2, 0.25) is 0 Å². The van der Waals surface area contributed by atoms with Crippen molar-refractivity contribution in [2.75, 3.05) is 0 Å². The lowest BCUT2D eigenvalue weighted by Gasteiger charge is -2.09. The molecule has 0 aliphatic heterocycles. The van der Waals surface area contributed by atoms with Crippen molar-refractivity contribution in [3.8, 4) is 11.3 Å². The van der Waals surface area contributed by atoms with E-state index in [1.807, 2.05) is 24.4 Å². The molecule has 0 bridgehead atoms. The summed E-state index contributed by atoms with van der Waals surface area (Å²) in [6.07, 6.45) is 4.94.